The number of anilines is 1. The molecule has 7 heteroatoms. The molecule has 0 aromatic heterocycles. The molecule has 0 saturated carbocycles. The third-order valence-corrected chi connectivity index (χ3v) is 5.63. The van der Waals surface area contributed by atoms with Gasteiger partial charge in [-0.3, -0.25) is 14.4 Å². The molecule has 1 fully saturated rings. The van der Waals surface area contributed by atoms with Crippen LogP contribution in [0.25, 0.3) is 0 Å². The van der Waals surface area contributed by atoms with Gasteiger partial charge in [-0.05, 0) is 42.5 Å². The number of nitrogens with zero attached hydrogens (tertiary/aromatic N) is 1. The smallest absolute Gasteiger partial charge is 0.311 e. The van der Waals surface area contributed by atoms with Crippen LogP contribution in [0.1, 0.15) is 17.5 Å². The Morgan fingerprint density at radius 3 is 2.76 bits per heavy atom. The third-order valence-electron chi connectivity index (χ3n) is 4.91. The minimum absolute atomic E-state index is 0.0904. The maximum Gasteiger partial charge on any atom is 0.311 e. The lowest BCUT2D eigenvalue weighted by atomic mass is 10.1. The fourth-order valence-corrected chi connectivity index (χ4v) is 3.65. The monoisotopic (exact) mass is 412 g/mol. The summed E-state index contributed by atoms with van der Waals surface area (Å²) >= 11 is 1.59. The number of ether oxygens (including phenoxy) is 1. The lowest BCUT2D eigenvalue weighted by molar-refractivity contribution is -0.152. The van der Waals surface area contributed by atoms with E-state index in [1.165, 1.54) is 0 Å². The van der Waals surface area contributed by atoms with Crippen molar-refractivity contribution in [1.29, 1.82) is 0 Å². The highest BCUT2D eigenvalue weighted by Crippen LogP contribution is 2.28. The van der Waals surface area contributed by atoms with Gasteiger partial charge < -0.3 is 15.0 Å². The lowest BCUT2D eigenvalue weighted by Crippen LogP contribution is -2.31. The number of thioether (sulfide) groups is 1. The van der Waals surface area contributed by atoms with E-state index in [0.717, 1.165) is 21.7 Å². The molecule has 1 saturated heterocycles. The number of benzene rings is 2. The molecular formula is C22H24N2O4S. The van der Waals surface area contributed by atoms with Crippen molar-refractivity contribution in [3.63, 3.8) is 0 Å². The third kappa shape index (κ3) is 5.38. The van der Waals surface area contributed by atoms with Gasteiger partial charge in [0.15, 0.2) is 6.61 Å². The zero-order chi connectivity index (χ0) is 20.8. The topological polar surface area (TPSA) is 75.7 Å². The fraction of sp³-hybridized carbons (Fsp3) is 0.318. The number of esters is 1. The van der Waals surface area contributed by atoms with Gasteiger partial charge in [-0.25, -0.2) is 0 Å². The van der Waals surface area contributed by atoms with Gasteiger partial charge in [0.05, 0.1) is 5.92 Å². The van der Waals surface area contributed by atoms with E-state index in [4.69, 9.17) is 4.74 Å². The van der Waals surface area contributed by atoms with E-state index in [0.29, 0.717) is 6.54 Å². The van der Waals surface area contributed by atoms with Gasteiger partial charge in [0, 0.05) is 30.1 Å². The molecule has 0 aliphatic carbocycles. The van der Waals surface area contributed by atoms with Crippen LogP contribution in [0.3, 0.4) is 0 Å². The first-order valence-electron chi connectivity index (χ1n) is 9.40. The molecular weight excluding hydrogens is 388 g/mol. The highest BCUT2D eigenvalue weighted by molar-refractivity contribution is 7.98. The van der Waals surface area contributed by atoms with Crippen LogP contribution in [-0.2, 0) is 25.7 Å². The number of nitrogens with one attached hydrogen (secondary N) is 1. The van der Waals surface area contributed by atoms with Gasteiger partial charge >= 0.3 is 5.97 Å². The predicted octanol–water partition coefficient (Wildman–Crippen LogP) is 2.93. The van der Waals surface area contributed by atoms with Crippen LogP contribution >= 0.6 is 11.8 Å². The summed E-state index contributed by atoms with van der Waals surface area (Å²) in [5, 5.41) is 2.75. The van der Waals surface area contributed by atoms with E-state index >= 15 is 0 Å². The van der Waals surface area contributed by atoms with Crippen LogP contribution in [0.15, 0.2) is 53.4 Å². The van der Waals surface area contributed by atoms with Crippen molar-refractivity contribution in [1.82, 2.24) is 5.32 Å². The van der Waals surface area contributed by atoms with E-state index in [1.807, 2.05) is 61.7 Å². The van der Waals surface area contributed by atoms with Gasteiger partial charge in [-0.1, -0.05) is 30.3 Å². The molecule has 3 rings (SSSR count). The summed E-state index contributed by atoms with van der Waals surface area (Å²) < 4.78 is 5.15. The highest BCUT2D eigenvalue weighted by atomic mass is 32.2. The molecule has 1 aliphatic heterocycles. The summed E-state index contributed by atoms with van der Waals surface area (Å²) in [4.78, 5) is 39.3. The molecule has 2 aromatic carbocycles. The van der Waals surface area contributed by atoms with Gasteiger partial charge in [-0.2, -0.15) is 0 Å². The van der Waals surface area contributed by atoms with Gasteiger partial charge in [0.2, 0.25) is 5.91 Å². The van der Waals surface area contributed by atoms with E-state index < -0.39 is 11.9 Å². The van der Waals surface area contributed by atoms with E-state index in [-0.39, 0.29) is 31.4 Å². The minimum atomic E-state index is -0.565. The summed E-state index contributed by atoms with van der Waals surface area (Å²) in [6.07, 6.45) is 2.06. The zero-order valence-electron chi connectivity index (χ0n) is 16.5. The molecule has 2 amide bonds. The van der Waals surface area contributed by atoms with E-state index in [9.17, 15) is 14.4 Å². The molecule has 2 aromatic rings. The molecule has 1 atom stereocenters. The molecule has 1 aliphatic rings. The molecule has 0 radical (unpaired) electrons. The van der Waals surface area contributed by atoms with Crippen LogP contribution in [0, 0.1) is 12.8 Å². The normalized spacial score (nSPS) is 16.0. The number of carbonyl (C=O) groups is 3. The molecule has 29 heavy (non-hydrogen) atoms. The Labute approximate surface area is 174 Å². The molecule has 1 N–H and O–H groups in total. The Morgan fingerprint density at radius 1 is 1.21 bits per heavy atom. The minimum Gasteiger partial charge on any atom is -0.455 e. The first-order chi connectivity index (χ1) is 14.0. The van der Waals surface area contributed by atoms with Crippen LogP contribution in [0.2, 0.25) is 0 Å². The molecule has 6 nitrogen and oxygen atoms in total. The van der Waals surface area contributed by atoms with Crippen molar-refractivity contribution >= 4 is 35.2 Å². The fourth-order valence-electron chi connectivity index (χ4n) is 3.20. The summed E-state index contributed by atoms with van der Waals surface area (Å²) in [5.41, 5.74) is 2.87. The predicted molar refractivity (Wildman–Crippen MR) is 113 cm³/mol. The van der Waals surface area contributed by atoms with Crippen LogP contribution < -0.4 is 10.2 Å². The van der Waals surface area contributed by atoms with Gasteiger partial charge in [-0.15, -0.1) is 11.8 Å². The number of hydrogen-bond acceptors (Lipinski definition) is 5. The Bertz CT molecular complexity index is 915. The Morgan fingerprint density at radius 2 is 2.00 bits per heavy atom. The van der Waals surface area contributed by atoms with E-state index in [2.05, 4.69) is 5.32 Å². The second-order valence-electron chi connectivity index (χ2n) is 6.92. The number of rotatable bonds is 7. The molecule has 0 unspecified atom stereocenters. The number of aryl methyl sites for hydroxylation is 1. The molecule has 0 bridgehead atoms. The average Bonchev–Trinajstić information content (AvgIpc) is 3.13. The summed E-state index contributed by atoms with van der Waals surface area (Å²) in [6, 6.07) is 15.4. The maximum absolute atomic E-state index is 12.4. The highest BCUT2D eigenvalue weighted by Gasteiger charge is 2.36. The van der Waals surface area contributed by atoms with Gasteiger partial charge in [0.25, 0.3) is 5.91 Å². The molecule has 1 heterocycles. The second-order valence-corrected chi connectivity index (χ2v) is 7.80. The first kappa shape index (κ1) is 20.9. The quantitative estimate of drug-likeness (QED) is 0.559. The standard InChI is InChI=1S/C22H24N2O4S/c1-15-6-3-4-7-16(15)12-23-20(25)14-28-22(27)17-10-21(26)24(13-17)18-8-5-9-19(11-18)29-2/h3-9,11,17H,10,12-14H2,1-2H3,(H,23,25)/t17-/m0/s1. The van der Waals surface area contributed by atoms with Gasteiger partial charge in [0.1, 0.15) is 0 Å². The number of hydrogen-bond donors (Lipinski definition) is 1. The average molecular weight is 413 g/mol. The van der Waals surface area contributed by atoms with E-state index in [1.54, 1.807) is 16.7 Å². The number of amides is 2. The molecule has 152 valence electrons. The van der Waals surface area contributed by atoms with Crippen molar-refractivity contribution in [2.45, 2.75) is 24.8 Å². The first-order valence-corrected chi connectivity index (χ1v) is 10.6. The Balaban J connectivity index is 1.49. The largest absolute Gasteiger partial charge is 0.455 e. The van der Waals surface area contributed by atoms with Crippen LogP contribution in [0.5, 0.6) is 0 Å². The Hall–Kier alpha value is -2.80. The molecule has 0 spiro atoms. The van der Waals surface area contributed by atoms with Crippen LogP contribution in [-0.4, -0.2) is 37.2 Å². The van der Waals surface area contributed by atoms with Crippen molar-refractivity contribution in [2.75, 3.05) is 24.3 Å². The zero-order valence-corrected chi connectivity index (χ0v) is 17.3. The van der Waals surface area contributed by atoms with Crippen LogP contribution in [0.4, 0.5) is 5.69 Å². The second kappa shape index (κ2) is 9.60. The lowest BCUT2D eigenvalue weighted by Gasteiger charge is -2.17. The number of carbonyl (C=O) groups excluding carboxylic acids is 3. The summed E-state index contributed by atoms with van der Waals surface area (Å²) in [5.74, 6) is -1.57. The Kier molecular flexibility index (Phi) is 6.93. The van der Waals surface area contributed by atoms with Crippen molar-refractivity contribution in [2.24, 2.45) is 5.92 Å². The summed E-state index contributed by atoms with van der Waals surface area (Å²) in [6.45, 7) is 2.27. The summed E-state index contributed by atoms with van der Waals surface area (Å²) in [7, 11) is 0. The SMILES string of the molecule is CSc1cccc(N2C[C@@H](C(=O)OCC(=O)NCc3ccccc3C)CC2=O)c1. The maximum atomic E-state index is 12.4. The van der Waals surface area contributed by atoms with Crippen molar-refractivity contribution in [3.05, 3.63) is 59.7 Å². The van der Waals surface area contributed by atoms with Crippen molar-refractivity contribution in [3.8, 4) is 0 Å². The van der Waals surface area contributed by atoms with Crippen molar-refractivity contribution < 1.29 is 19.1 Å².